The van der Waals surface area contributed by atoms with E-state index in [0.717, 1.165) is 12.1 Å². The molecule has 0 aromatic heterocycles. The Hall–Kier alpha value is -1.63. The summed E-state index contributed by atoms with van der Waals surface area (Å²) in [6.07, 6.45) is -4.56. The Kier molecular flexibility index (Phi) is 3.97. The lowest BCUT2D eigenvalue weighted by molar-refractivity contribution is -0.137. The summed E-state index contributed by atoms with van der Waals surface area (Å²) in [7, 11) is 0. The monoisotopic (exact) mass is 304 g/mol. The van der Waals surface area contributed by atoms with E-state index in [-0.39, 0.29) is 24.9 Å². The number of likely N-dealkylation sites (tertiary alicyclic amines) is 1. The lowest BCUT2D eigenvalue weighted by Crippen LogP contribution is -2.53. The molecule has 2 N–H and O–H groups in total. The molecule has 1 aliphatic rings. The minimum atomic E-state index is -4.50. The Morgan fingerprint density at radius 1 is 1.43 bits per heavy atom. The van der Waals surface area contributed by atoms with Crippen molar-refractivity contribution < 1.29 is 22.4 Å². The van der Waals surface area contributed by atoms with Gasteiger partial charge in [-0.3, -0.25) is 10.5 Å². The first-order valence-corrected chi connectivity index (χ1v) is 6.56. The third-order valence-electron chi connectivity index (χ3n) is 3.63. The average molecular weight is 304 g/mol. The topological polar surface area (TPSA) is 46.3 Å². The fourth-order valence-corrected chi connectivity index (χ4v) is 2.53. The lowest BCUT2D eigenvalue weighted by atomic mass is 9.95. The van der Waals surface area contributed by atoms with Crippen LogP contribution in [0.25, 0.3) is 0 Å². The van der Waals surface area contributed by atoms with Gasteiger partial charge in [0.05, 0.1) is 5.56 Å². The van der Waals surface area contributed by atoms with E-state index in [4.69, 9.17) is 5.73 Å². The highest BCUT2D eigenvalue weighted by molar-refractivity contribution is 5.94. The summed E-state index contributed by atoms with van der Waals surface area (Å²) in [5.41, 5.74) is 4.46. The second-order valence-electron chi connectivity index (χ2n) is 5.41. The normalized spacial score (nSPS) is 26.8. The number of halogens is 4. The van der Waals surface area contributed by atoms with Crippen LogP contribution in [-0.4, -0.2) is 29.2 Å². The molecule has 1 aromatic rings. The molecule has 1 fully saturated rings. The largest absolute Gasteiger partial charge is 0.416 e. The SMILES string of the molecule is CC1CC(N)(F)CCN1C(=O)c1cccc(C(F)(F)F)c1. The molecular formula is C14H16F4N2O. The van der Waals surface area contributed by atoms with Gasteiger partial charge in [0.25, 0.3) is 5.91 Å². The molecule has 0 radical (unpaired) electrons. The minimum Gasteiger partial charge on any atom is -0.336 e. The molecule has 0 aliphatic carbocycles. The van der Waals surface area contributed by atoms with Crippen molar-refractivity contribution in [2.75, 3.05) is 6.54 Å². The van der Waals surface area contributed by atoms with Gasteiger partial charge in [-0.2, -0.15) is 13.2 Å². The molecule has 2 rings (SSSR count). The van der Waals surface area contributed by atoms with Crippen LogP contribution >= 0.6 is 0 Å². The van der Waals surface area contributed by atoms with Gasteiger partial charge in [-0.15, -0.1) is 0 Å². The molecule has 1 heterocycles. The summed E-state index contributed by atoms with van der Waals surface area (Å²) in [6.45, 7) is 1.72. The number of rotatable bonds is 1. The third kappa shape index (κ3) is 3.53. The van der Waals surface area contributed by atoms with Crippen LogP contribution in [0.3, 0.4) is 0 Å². The first kappa shape index (κ1) is 15.8. The fraction of sp³-hybridized carbons (Fsp3) is 0.500. The van der Waals surface area contributed by atoms with Gasteiger partial charge < -0.3 is 4.90 Å². The minimum absolute atomic E-state index is 0.0258. The van der Waals surface area contributed by atoms with E-state index in [1.54, 1.807) is 6.92 Å². The maximum atomic E-state index is 13.7. The third-order valence-corrected chi connectivity index (χ3v) is 3.63. The van der Waals surface area contributed by atoms with Crippen LogP contribution in [0.2, 0.25) is 0 Å². The maximum Gasteiger partial charge on any atom is 0.416 e. The van der Waals surface area contributed by atoms with Crippen LogP contribution in [0.1, 0.15) is 35.7 Å². The summed E-state index contributed by atoms with van der Waals surface area (Å²) < 4.78 is 51.7. The number of alkyl halides is 4. The molecule has 1 amide bonds. The van der Waals surface area contributed by atoms with E-state index in [1.165, 1.54) is 17.0 Å². The Morgan fingerprint density at radius 2 is 2.10 bits per heavy atom. The summed E-state index contributed by atoms with van der Waals surface area (Å²) in [4.78, 5) is 13.7. The number of hydrogen-bond acceptors (Lipinski definition) is 2. The highest BCUT2D eigenvalue weighted by Gasteiger charge is 2.38. The van der Waals surface area contributed by atoms with E-state index >= 15 is 0 Å². The van der Waals surface area contributed by atoms with Crippen molar-refractivity contribution in [3.05, 3.63) is 35.4 Å². The van der Waals surface area contributed by atoms with Crippen LogP contribution in [0.15, 0.2) is 24.3 Å². The number of carbonyl (C=O) groups is 1. The zero-order valence-electron chi connectivity index (χ0n) is 11.5. The first-order valence-electron chi connectivity index (χ1n) is 6.56. The predicted molar refractivity (Wildman–Crippen MR) is 69.2 cm³/mol. The zero-order chi connectivity index (χ0) is 15.8. The van der Waals surface area contributed by atoms with Gasteiger partial charge in [-0.1, -0.05) is 6.07 Å². The highest BCUT2D eigenvalue weighted by atomic mass is 19.4. The van der Waals surface area contributed by atoms with Crippen molar-refractivity contribution in [3.8, 4) is 0 Å². The second-order valence-corrected chi connectivity index (χ2v) is 5.41. The van der Waals surface area contributed by atoms with Gasteiger partial charge in [0.15, 0.2) is 5.79 Å². The van der Waals surface area contributed by atoms with E-state index in [0.29, 0.717) is 0 Å². The zero-order valence-corrected chi connectivity index (χ0v) is 11.5. The maximum absolute atomic E-state index is 13.7. The van der Waals surface area contributed by atoms with Crippen LogP contribution in [0.5, 0.6) is 0 Å². The van der Waals surface area contributed by atoms with E-state index in [1.807, 2.05) is 0 Å². The molecule has 1 saturated heterocycles. The van der Waals surface area contributed by atoms with Crippen LogP contribution < -0.4 is 5.73 Å². The highest BCUT2D eigenvalue weighted by Crippen LogP contribution is 2.31. The molecule has 0 bridgehead atoms. The van der Waals surface area contributed by atoms with Crippen LogP contribution in [0.4, 0.5) is 17.6 Å². The molecule has 116 valence electrons. The summed E-state index contributed by atoms with van der Waals surface area (Å²) >= 11 is 0. The summed E-state index contributed by atoms with van der Waals surface area (Å²) in [5.74, 6) is -2.37. The van der Waals surface area contributed by atoms with E-state index < -0.39 is 29.5 Å². The quantitative estimate of drug-likeness (QED) is 0.640. The van der Waals surface area contributed by atoms with E-state index in [2.05, 4.69) is 0 Å². The second kappa shape index (κ2) is 5.29. The number of carbonyl (C=O) groups excluding carboxylic acids is 1. The van der Waals surface area contributed by atoms with Crippen molar-refractivity contribution >= 4 is 5.91 Å². The first-order chi connectivity index (χ1) is 9.60. The van der Waals surface area contributed by atoms with Crippen molar-refractivity contribution in [2.24, 2.45) is 5.73 Å². The summed E-state index contributed by atoms with van der Waals surface area (Å²) in [5, 5.41) is 0. The number of amides is 1. The van der Waals surface area contributed by atoms with Crippen molar-refractivity contribution in [1.29, 1.82) is 0 Å². The molecule has 0 spiro atoms. The van der Waals surface area contributed by atoms with Crippen LogP contribution in [0, 0.1) is 0 Å². The summed E-state index contributed by atoms with van der Waals surface area (Å²) in [6, 6.07) is 3.77. The number of nitrogens with two attached hydrogens (primary N) is 1. The molecule has 2 unspecified atom stereocenters. The van der Waals surface area contributed by atoms with Gasteiger partial charge >= 0.3 is 6.18 Å². The van der Waals surface area contributed by atoms with Gasteiger partial charge in [0, 0.05) is 31.0 Å². The molecule has 2 atom stereocenters. The number of piperidine rings is 1. The van der Waals surface area contributed by atoms with Crippen LogP contribution in [-0.2, 0) is 6.18 Å². The Morgan fingerprint density at radius 3 is 2.67 bits per heavy atom. The average Bonchev–Trinajstić information content (AvgIpc) is 2.36. The molecule has 1 aromatic carbocycles. The fourth-order valence-electron chi connectivity index (χ4n) is 2.53. The molecule has 7 heteroatoms. The van der Waals surface area contributed by atoms with Gasteiger partial charge in [0.1, 0.15) is 0 Å². The Labute approximate surface area is 119 Å². The van der Waals surface area contributed by atoms with Gasteiger partial charge in [0.2, 0.25) is 0 Å². The number of nitrogens with zero attached hydrogens (tertiary/aromatic N) is 1. The van der Waals surface area contributed by atoms with Crippen molar-refractivity contribution in [2.45, 2.75) is 37.8 Å². The molecule has 0 saturated carbocycles. The lowest BCUT2D eigenvalue weighted by Gasteiger charge is -2.39. The smallest absolute Gasteiger partial charge is 0.336 e. The standard InChI is InChI=1S/C14H16F4N2O/c1-9-8-13(15,19)5-6-20(9)12(21)10-3-2-4-11(7-10)14(16,17)18/h2-4,7,9H,5-6,8,19H2,1H3. The molecule has 21 heavy (non-hydrogen) atoms. The number of benzene rings is 1. The molecular weight excluding hydrogens is 288 g/mol. The Balaban J connectivity index is 2.21. The van der Waals surface area contributed by atoms with Gasteiger partial charge in [-0.05, 0) is 25.1 Å². The molecule has 1 aliphatic heterocycles. The van der Waals surface area contributed by atoms with E-state index in [9.17, 15) is 22.4 Å². The number of hydrogen-bond donors (Lipinski definition) is 1. The predicted octanol–water partition coefficient (Wildman–Crippen LogP) is 2.95. The van der Waals surface area contributed by atoms with Gasteiger partial charge in [-0.25, -0.2) is 4.39 Å². The van der Waals surface area contributed by atoms with Crippen molar-refractivity contribution in [1.82, 2.24) is 4.90 Å². The Bertz CT molecular complexity index is 542. The molecule has 3 nitrogen and oxygen atoms in total. The van der Waals surface area contributed by atoms with Crippen molar-refractivity contribution in [3.63, 3.8) is 0 Å².